The molecule has 0 saturated carbocycles. The first-order valence-electron chi connectivity index (χ1n) is 6.80. The first kappa shape index (κ1) is 14.8. The highest BCUT2D eigenvalue weighted by atomic mass is 16.5. The number of methoxy groups -OCH3 is 1. The molecule has 0 saturated heterocycles. The minimum Gasteiger partial charge on any atom is -0.377 e. The molecule has 0 spiro atoms. The van der Waals surface area contributed by atoms with E-state index in [1.807, 2.05) is 6.07 Å². The highest BCUT2D eigenvalue weighted by Gasteiger charge is 2.11. The second-order valence-corrected chi connectivity index (χ2v) is 5.95. The van der Waals surface area contributed by atoms with Crippen LogP contribution in [0.5, 0.6) is 0 Å². The van der Waals surface area contributed by atoms with E-state index in [2.05, 4.69) is 54.1 Å². The average molecular weight is 277 g/mol. The van der Waals surface area contributed by atoms with Crippen molar-refractivity contribution in [1.82, 2.24) is 15.0 Å². The van der Waals surface area contributed by atoms with E-state index >= 15 is 0 Å². The highest BCUT2D eigenvalue weighted by Crippen LogP contribution is 2.11. The van der Waals surface area contributed by atoms with Crippen molar-refractivity contribution in [2.75, 3.05) is 7.11 Å². The van der Waals surface area contributed by atoms with E-state index in [0.717, 1.165) is 18.0 Å². The van der Waals surface area contributed by atoms with Gasteiger partial charge < -0.3 is 19.1 Å². The lowest BCUT2D eigenvalue weighted by Gasteiger charge is -2.21. The SMILES string of the molecule is COCc1cc(Cn2cccc2CNC(C)(C)C)no1. The third-order valence-electron chi connectivity index (χ3n) is 2.95. The van der Waals surface area contributed by atoms with Gasteiger partial charge in [0.1, 0.15) is 12.3 Å². The Morgan fingerprint density at radius 3 is 2.90 bits per heavy atom. The maximum Gasteiger partial charge on any atom is 0.162 e. The maximum absolute atomic E-state index is 5.20. The summed E-state index contributed by atoms with van der Waals surface area (Å²) in [5.74, 6) is 0.754. The van der Waals surface area contributed by atoms with Crippen molar-refractivity contribution in [3.63, 3.8) is 0 Å². The van der Waals surface area contributed by atoms with E-state index in [1.54, 1.807) is 7.11 Å². The summed E-state index contributed by atoms with van der Waals surface area (Å²) in [4.78, 5) is 0. The third kappa shape index (κ3) is 4.21. The molecule has 0 bridgehead atoms. The Labute approximate surface area is 119 Å². The fourth-order valence-corrected chi connectivity index (χ4v) is 1.94. The molecule has 0 aromatic carbocycles. The second-order valence-electron chi connectivity index (χ2n) is 5.95. The van der Waals surface area contributed by atoms with Gasteiger partial charge in [0, 0.05) is 37.2 Å². The summed E-state index contributed by atoms with van der Waals surface area (Å²) >= 11 is 0. The van der Waals surface area contributed by atoms with Crippen molar-refractivity contribution >= 4 is 0 Å². The van der Waals surface area contributed by atoms with Crippen molar-refractivity contribution in [2.24, 2.45) is 0 Å². The molecule has 2 rings (SSSR count). The van der Waals surface area contributed by atoms with E-state index in [1.165, 1.54) is 5.69 Å². The molecule has 1 N–H and O–H groups in total. The minimum atomic E-state index is 0.106. The monoisotopic (exact) mass is 277 g/mol. The Bertz CT molecular complexity index is 537. The summed E-state index contributed by atoms with van der Waals surface area (Å²) in [6.07, 6.45) is 2.06. The smallest absolute Gasteiger partial charge is 0.162 e. The zero-order chi connectivity index (χ0) is 14.6. The van der Waals surface area contributed by atoms with Gasteiger partial charge >= 0.3 is 0 Å². The molecule has 0 amide bonds. The van der Waals surface area contributed by atoms with Gasteiger partial charge in [-0.1, -0.05) is 5.16 Å². The van der Waals surface area contributed by atoms with Crippen molar-refractivity contribution in [3.8, 4) is 0 Å². The molecular weight excluding hydrogens is 254 g/mol. The van der Waals surface area contributed by atoms with E-state index in [0.29, 0.717) is 13.2 Å². The number of nitrogens with zero attached hydrogens (tertiary/aromatic N) is 2. The van der Waals surface area contributed by atoms with Crippen LogP contribution in [0.25, 0.3) is 0 Å². The van der Waals surface area contributed by atoms with Gasteiger partial charge in [0.15, 0.2) is 5.76 Å². The van der Waals surface area contributed by atoms with Crippen molar-refractivity contribution in [1.29, 1.82) is 0 Å². The normalized spacial score (nSPS) is 12.0. The molecular formula is C15H23N3O2. The molecule has 0 aliphatic heterocycles. The van der Waals surface area contributed by atoms with E-state index in [-0.39, 0.29) is 5.54 Å². The number of ether oxygens (including phenoxy) is 1. The zero-order valence-corrected chi connectivity index (χ0v) is 12.6. The molecule has 2 heterocycles. The molecule has 20 heavy (non-hydrogen) atoms. The maximum atomic E-state index is 5.20. The van der Waals surface area contributed by atoms with Gasteiger partial charge in [-0.05, 0) is 32.9 Å². The average Bonchev–Trinajstić information content (AvgIpc) is 2.97. The summed E-state index contributed by atoms with van der Waals surface area (Å²) in [5, 5.41) is 7.55. The van der Waals surface area contributed by atoms with Gasteiger partial charge in [-0.15, -0.1) is 0 Å². The molecule has 0 unspecified atom stereocenters. The number of hydrogen-bond donors (Lipinski definition) is 1. The molecule has 0 radical (unpaired) electrons. The van der Waals surface area contributed by atoms with E-state index < -0.39 is 0 Å². The second kappa shape index (κ2) is 6.24. The zero-order valence-electron chi connectivity index (χ0n) is 12.6. The molecule has 0 fully saturated rings. The van der Waals surface area contributed by atoms with Crippen LogP contribution in [-0.4, -0.2) is 22.4 Å². The molecule has 110 valence electrons. The molecule has 5 heteroatoms. The molecule has 5 nitrogen and oxygen atoms in total. The van der Waals surface area contributed by atoms with Gasteiger partial charge in [0.25, 0.3) is 0 Å². The summed E-state index contributed by atoms with van der Waals surface area (Å²) in [5.41, 5.74) is 2.25. The predicted molar refractivity (Wildman–Crippen MR) is 77.3 cm³/mol. The van der Waals surface area contributed by atoms with Crippen LogP contribution in [-0.2, 0) is 24.4 Å². The Balaban J connectivity index is 2.00. The van der Waals surface area contributed by atoms with Gasteiger partial charge in [0.2, 0.25) is 0 Å². The quantitative estimate of drug-likeness (QED) is 0.881. The fourth-order valence-electron chi connectivity index (χ4n) is 1.94. The van der Waals surface area contributed by atoms with Crippen molar-refractivity contribution < 1.29 is 9.26 Å². The van der Waals surface area contributed by atoms with Crippen LogP contribution < -0.4 is 5.32 Å². The topological polar surface area (TPSA) is 52.2 Å². The Morgan fingerprint density at radius 1 is 1.40 bits per heavy atom. The summed E-state index contributed by atoms with van der Waals surface area (Å²) in [7, 11) is 1.64. The van der Waals surface area contributed by atoms with Crippen LogP contribution in [0.1, 0.15) is 37.9 Å². The Kier molecular flexibility index (Phi) is 4.62. The van der Waals surface area contributed by atoms with E-state index in [4.69, 9.17) is 9.26 Å². The van der Waals surface area contributed by atoms with Gasteiger partial charge in [-0.3, -0.25) is 0 Å². The molecule has 0 atom stereocenters. The number of hydrogen-bond acceptors (Lipinski definition) is 4. The summed E-state index contributed by atoms with van der Waals surface area (Å²) in [6, 6.07) is 6.11. The van der Waals surface area contributed by atoms with Crippen LogP contribution in [0, 0.1) is 0 Å². The number of nitrogens with one attached hydrogen (secondary N) is 1. The number of rotatable bonds is 6. The first-order chi connectivity index (χ1) is 9.48. The predicted octanol–water partition coefficient (Wildman–Crippen LogP) is 2.56. The molecule has 2 aromatic heterocycles. The number of aromatic nitrogens is 2. The molecule has 0 aliphatic rings. The lowest BCUT2D eigenvalue weighted by Crippen LogP contribution is -2.35. The molecule has 2 aromatic rings. The lowest BCUT2D eigenvalue weighted by atomic mass is 10.1. The largest absolute Gasteiger partial charge is 0.377 e. The standard InChI is InChI=1S/C15H23N3O2/c1-15(2,3)16-9-13-6-5-7-18(13)10-12-8-14(11-19-4)20-17-12/h5-8,16H,9-11H2,1-4H3. The van der Waals surface area contributed by atoms with Crippen LogP contribution in [0.15, 0.2) is 28.9 Å². The van der Waals surface area contributed by atoms with Gasteiger partial charge in [-0.25, -0.2) is 0 Å². The van der Waals surface area contributed by atoms with Crippen molar-refractivity contribution in [2.45, 2.75) is 46.0 Å². The molecule has 0 aliphatic carbocycles. The van der Waals surface area contributed by atoms with Crippen LogP contribution >= 0.6 is 0 Å². The van der Waals surface area contributed by atoms with Crippen molar-refractivity contribution in [3.05, 3.63) is 41.5 Å². The van der Waals surface area contributed by atoms with Gasteiger partial charge in [-0.2, -0.15) is 0 Å². The fraction of sp³-hybridized carbons (Fsp3) is 0.533. The Hall–Kier alpha value is -1.59. The van der Waals surface area contributed by atoms with Crippen LogP contribution in [0.3, 0.4) is 0 Å². The van der Waals surface area contributed by atoms with Crippen LogP contribution in [0.2, 0.25) is 0 Å². The Morgan fingerprint density at radius 2 is 2.20 bits per heavy atom. The van der Waals surface area contributed by atoms with Crippen LogP contribution in [0.4, 0.5) is 0 Å². The lowest BCUT2D eigenvalue weighted by molar-refractivity contribution is 0.155. The summed E-state index contributed by atoms with van der Waals surface area (Å²) in [6.45, 7) is 8.48. The first-order valence-corrected chi connectivity index (χ1v) is 6.80. The summed E-state index contributed by atoms with van der Waals surface area (Å²) < 4.78 is 12.4. The minimum absolute atomic E-state index is 0.106. The van der Waals surface area contributed by atoms with E-state index in [9.17, 15) is 0 Å². The highest BCUT2D eigenvalue weighted by molar-refractivity contribution is 5.12. The third-order valence-corrected chi connectivity index (χ3v) is 2.95. The van der Waals surface area contributed by atoms with Gasteiger partial charge in [0.05, 0.1) is 6.54 Å².